The van der Waals surface area contributed by atoms with Gasteiger partial charge in [0, 0.05) is 29.6 Å². The van der Waals surface area contributed by atoms with Gasteiger partial charge in [-0.1, -0.05) is 31.9 Å². The number of ether oxygens (including phenoxy) is 1. The Morgan fingerprint density at radius 3 is 2.62 bits per heavy atom. The van der Waals surface area contributed by atoms with Crippen LogP contribution in [0.4, 0.5) is 0 Å². The van der Waals surface area contributed by atoms with Gasteiger partial charge in [0.2, 0.25) is 0 Å². The van der Waals surface area contributed by atoms with Crippen LogP contribution in [-0.4, -0.2) is 47.2 Å². The zero-order valence-corrected chi connectivity index (χ0v) is 11.9. The van der Waals surface area contributed by atoms with Crippen LogP contribution in [0.2, 0.25) is 0 Å². The number of unbranched alkanes of at least 4 members (excludes halogenated alkanes) is 2. The Labute approximate surface area is 118 Å². The van der Waals surface area contributed by atoms with Gasteiger partial charge in [-0.05, 0) is 18.6 Å². The number of carbonyl (C=O) groups is 1. The number of phenolic OH excluding ortho intramolecular Hbond substituents is 1. The maximum absolute atomic E-state index is 11.4. The van der Waals surface area contributed by atoms with Crippen molar-refractivity contribution in [3.63, 3.8) is 0 Å². The molecule has 1 N–H and O–H groups in total. The first-order valence-corrected chi connectivity index (χ1v) is 5.20. The third-order valence-electron chi connectivity index (χ3n) is 2.11. The molecule has 3 nitrogen and oxygen atoms in total. The smallest absolute Gasteiger partial charge is 0.341 e. The van der Waals surface area contributed by atoms with E-state index in [-0.39, 0.29) is 40.9 Å². The minimum absolute atomic E-state index is 0. The molecule has 0 heterocycles. The standard InChI is InChI=1S/C12H16O3.Na/c1-2-3-6-9-15-12(14)10-7-4-5-8-11(10)13;/h4-5,7-8,13H,2-3,6,9H2,1H3;. The second-order valence-corrected chi connectivity index (χ2v) is 3.36. The van der Waals surface area contributed by atoms with Crippen LogP contribution < -0.4 is 0 Å². The zero-order valence-electron chi connectivity index (χ0n) is 9.90. The number of phenols is 1. The summed E-state index contributed by atoms with van der Waals surface area (Å²) in [6.45, 7) is 2.51. The molecular formula is C12H16NaO3. The predicted octanol–water partition coefficient (Wildman–Crippen LogP) is 2.36. The summed E-state index contributed by atoms with van der Waals surface area (Å²) in [5.41, 5.74) is 0.231. The molecule has 16 heavy (non-hydrogen) atoms. The molecule has 0 aromatic heterocycles. The average molecular weight is 231 g/mol. The van der Waals surface area contributed by atoms with Crippen molar-refractivity contribution in [3.05, 3.63) is 29.8 Å². The zero-order chi connectivity index (χ0) is 11.1. The quantitative estimate of drug-likeness (QED) is 0.480. The fourth-order valence-corrected chi connectivity index (χ4v) is 1.24. The fourth-order valence-electron chi connectivity index (χ4n) is 1.24. The molecule has 0 unspecified atom stereocenters. The van der Waals surface area contributed by atoms with Gasteiger partial charge >= 0.3 is 5.97 Å². The van der Waals surface area contributed by atoms with Crippen LogP contribution in [0.5, 0.6) is 5.75 Å². The molecule has 83 valence electrons. The van der Waals surface area contributed by atoms with E-state index in [1.807, 2.05) is 0 Å². The summed E-state index contributed by atoms with van der Waals surface area (Å²) in [4.78, 5) is 11.4. The maximum atomic E-state index is 11.4. The van der Waals surface area contributed by atoms with Crippen molar-refractivity contribution < 1.29 is 14.6 Å². The van der Waals surface area contributed by atoms with Crippen molar-refractivity contribution in [2.24, 2.45) is 0 Å². The first kappa shape index (κ1) is 15.5. The Bertz CT molecular complexity index is 326. The largest absolute Gasteiger partial charge is 0.507 e. The van der Waals surface area contributed by atoms with Gasteiger partial charge in [-0.25, -0.2) is 4.79 Å². The molecule has 0 aliphatic carbocycles. The molecule has 0 atom stereocenters. The van der Waals surface area contributed by atoms with E-state index in [0.717, 1.165) is 19.3 Å². The first-order chi connectivity index (χ1) is 7.25. The van der Waals surface area contributed by atoms with Crippen molar-refractivity contribution in [3.8, 4) is 5.75 Å². The molecule has 0 fully saturated rings. The summed E-state index contributed by atoms with van der Waals surface area (Å²) in [5, 5.41) is 9.38. The number of para-hydroxylation sites is 1. The molecule has 0 aliphatic rings. The molecule has 1 radical (unpaired) electrons. The number of carbonyl (C=O) groups excluding carboxylic acids is 1. The molecule has 0 aliphatic heterocycles. The van der Waals surface area contributed by atoms with Crippen LogP contribution in [0.25, 0.3) is 0 Å². The van der Waals surface area contributed by atoms with E-state index in [0.29, 0.717) is 6.61 Å². The minimum atomic E-state index is -0.454. The number of esters is 1. The van der Waals surface area contributed by atoms with Crippen LogP contribution >= 0.6 is 0 Å². The summed E-state index contributed by atoms with van der Waals surface area (Å²) in [7, 11) is 0. The van der Waals surface area contributed by atoms with Gasteiger partial charge in [0.15, 0.2) is 0 Å². The molecule has 1 aromatic carbocycles. The molecular weight excluding hydrogens is 215 g/mol. The number of benzene rings is 1. The second-order valence-electron chi connectivity index (χ2n) is 3.36. The summed E-state index contributed by atoms with van der Waals surface area (Å²) < 4.78 is 5.01. The SMILES string of the molecule is CCCCCOC(=O)c1ccccc1O.[Na]. The Morgan fingerprint density at radius 2 is 2.00 bits per heavy atom. The Kier molecular flexibility index (Phi) is 8.35. The Hall–Kier alpha value is -0.510. The first-order valence-electron chi connectivity index (χ1n) is 5.20. The van der Waals surface area contributed by atoms with Crippen LogP contribution in [0.15, 0.2) is 24.3 Å². The molecule has 0 spiro atoms. The monoisotopic (exact) mass is 231 g/mol. The normalized spacial score (nSPS) is 9.31. The van der Waals surface area contributed by atoms with Gasteiger partial charge in [-0.2, -0.15) is 0 Å². The van der Waals surface area contributed by atoms with Gasteiger partial charge < -0.3 is 9.84 Å². The van der Waals surface area contributed by atoms with Crippen molar-refractivity contribution >= 4 is 35.5 Å². The van der Waals surface area contributed by atoms with E-state index < -0.39 is 5.97 Å². The number of hydrogen-bond acceptors (Lipinski definition) is 3. The van der Waals surface area contributed by atoms with Crippen LogP contribution in [0.1, 0.15) is 36.5 Å². The third-order valence-corrected chi connectivity index (χ3v) is 2.11. The summed E-state index contributed by atoms with van der Waals surface area (Å²) in [6.07, 6.45) is 3.01. The molecule has 1 rings (SSSR count). The van der Waals surface area contributed by atoms with Crippen molar-refractivity contribution in [2.45, 2.75) is 26.2 Å². The van der Waals surface area contributed by atoms with Gasteiger partial charge in [0.1, 0.15) is 11.3 Å². The van der Waals surface area contributed by atoms with Crippen LogP contribution in [0, 0.1) is 0 Å². The van der Waals surface area contributed by atoms with E-state index in [1.54, 1.807) is 18.2 Å². The van der Waals surface area contributed by atoms with Crippen LogP contribution in [-0.2, 0) is 4.74 Å². The van der Waals surface area contributed by atoms with E-state index in [1.165, 1.54) is 6.07 Å². The van der Waals surface area contributed by atoms with Crippen molar-refractivity contribution in [2.75, 3.05) is 6.61 Å². The summed E-state index contributed by atoms with van der Waals surface area (Å²) >= 11 is 0. The summed E-state index contributed by atoms with van der Waals surface area (Å²) in [5.74, 6) is -0.484. The van der Waals surface area contributed by atoms with E-state index in [4.69, 9.17) is 4.74 Å². The minimum Gasteiger partial charge on any atom is -0.507 e. The van der Waals surface area contributed by atoms with Gasteiger partial charge in [0.25, 0.3) is 0 Å². The molecule has 0 amide bonds. The Balaban J connectivity index is 0.00000225. The molecule has 0 saturated carbocycles. The number of hydrogen-bond donors (Lipinski definition) is 1. The van der Waals surface area contributed by atoms with Crippen molar-refractivity contribution in [1.29, 1.82) is 0 Å². The topological polar surface area (TPSA) is 46.5 Å². The number of rotatable bonds is 5. The van der Waals surface area contributed by atoms with E-state index in [2.05, 4.69) is 6.92 Å². The average Bonchev–Trinajstić information content (AvgIpc) is 2.25. The molecule has 4 heteroatoms. The molecule has 0 saturated heterocycles. The fraction of sp³-hybridized carbons (Fsp3) is 0.417. The Morgan fingerprint density at radius 1 is 1.31 bits per heavy atom. The second kappa shape index (κ2) is 8.62. The van der Waals surface area contributed by atoms with Gasteiger partial charge in [0.05, 0.1) is 6.61 Å². The molecule has 0 bridgehead atoms. The number of aromatic hydroxyl groups is 1. The maximum Gasteiger partial charge on any atom is 0.341 e. The third kappa shape index (κ3) is 5.01. The molecule has 1 aromatic rings. The predicted molar refractivity (Wildman–Crippen MR) is 63.7 cm³/mol. The summed E-state index contributed by atoms with van der Waals surface area (Å²) in [6, 6.07) is 6.39. The van der Waals surface area contributed by atoms with Crippen LogP contribution in [0.3, 0.4) is 0 Å². The van der Waals surface area contributed by atoms with E-state index in [9.17, 15) is 9.90 Å². The van der Waals surface area contributed by atoms with Gasteiger partial charge in [-0.3, -0.25) is 0 Å². The van der Waals surface area contributed by atoms with E-state index >= 15 is 0 Å². The van der Waals surface area contributed by atoms with Gasteiger partial charge in [-0.15, -0.1) is 0 Å². The van der Waals surface area contributed by atoms with Crippen molar-refractivity contribution in [1.82, 2.24) is 0 Å².